The van der Waals surface area contributed by atoms with E-state index in [0.717, 1.165) is 34.1 Å². The summed E-state index contributed by atoms with van der Waals surface area (Å²) in [6.07, 6.45) is 13.3. The van der Waals surface area contributed by atoms with Crippen LogP contribution in [0.1, 0.15) is 32.3 Å². The molecule has 0 saturated heterocycles. The molecule has 0 aliphatic heterocycles. The lowest BCUT2D eigenvalue weighted by atomic mass is 10.1. The topological polar surface area (TPSA) is 59.3 Å². The van der Waals surface area contributed by atoms with Gasteiger partial charge in [0.05, 0.1) is 6.20 Å². The molecule has 2 heterocycles. The molecule has 5 nitrogen and oxygen atoms in total. The molecule has 0 aromatic carbocycles. The third-order valence-electron chi connectivity index (χ3n) is 3.88. The van der Waals surface area contributed by atoms with Crippen molar-refractivity contribution in [1.29, 1.82) is 0 Å². The van der Waals surface area contributed by atoms with Crippen molar-refractivity contribution < 1.29 is 4.79 Å². The first kappa shape index (κ1) is 22.2. The number of carbonyl (C=O) groups excluding carboxylic acids is 1. The quantitative estimate of drug-likeness (QED) is 0.392. The predicted octanol–water partition coefficient (Wildman–Crippen LogP) is 5.17. The molecule has 148 valence electrons. The van der Waals surface area contributed by atoms with Gasteiger partial charge in [-0.25, -0.2) is 9.50 Å². The second-order valence-corrected chi connectivity index (χ2v) is 7.93. The van der Waals surface area contributed by atoms with E-state index >= 15 is 0 Å². The van der Waals surface area contributed by atoms with Gasteiger partial charge in [-0.3, -0.25) is 4.79 Å². The van der Waals surface area contributed by atoms with Gasteiger partial charge in [-0.2, -0.15) is 5.10 Å². The number of unbranched alkanes of at least 4 members (excludes halogenated alkanes) is 1. The van der Waals surface area contributed by atoms with Crippen LogP contribution in [0.3, 0.4) is 0 Å². The van der Waals surface area contributed by atoms with Crippen molar-refractivity contribution in [2.45, 2.75) is 32.4 Å². The van der Waals surface area contributed by atoms with E-state index in [1.165, 1.54) is 0 Å². The molecule has 0 atom stereocenters. The number of halogens is 1. The van der Waals surface area contributed by atoms with Gasteiger partial charge in [0.15, 0.2) is 5.65 Å². The highest BCUT2D eigenvalue weighted by molar-refractivity contribution is 9.11. The number of hydrogen-bond donors (Lipinski definition) is 1. The largest absolute Gasteiger partial charge is 0.348 e. The average Bonchev–Trinajstić information content (AvgIpc) is 3.12. The Bertz CT molecular complexity index is 914. The third-order valence-corrected chi connectivity index (χ3v) is 5.43. The van der Waals surface area contributed by atoms with Crippen LogP contribution in [0.5, 0.6) is 0 Å². The lowest BCUT2D eigenvalue weighted by molar-refractivity contribution is -0.117. The van der Waals surface area contributed by atoms with Gasteiger partial charge in [0.1, 0.15) is 0 Å². The third kappa shape index (κ3) is 6.80. The molecular formula is C21H25BrN4OS. The summed E-state index contributed by atoms with van der Waals surface area (Å²) in [7, 11) is 0. The van der Waals surface area contributed by atoms with E-state index in [-0.39, 0.29) is 5.91 Å². The van der Waals surface area contributed by atoms with Crippen LogP contribution in [-0.4, -0.2) is 27.0 Å². The highest BCUT2D eigenvalue weighted by Crippen LogP contribution is 2.18. The molecule has 0 saturated carbocycles. The Kier molecular flexibility index (Phi) is 9.23. The van der Waals surface area contributed by atoms with Crippen LogP contribution < -0.4 is 5.32 Å². The fourth-order valence-corrected chi connectivity index (χ4v) is 3.48. The van der Waals surface area contributed by atoms with Crippen LogP contribution >= 0.6 is 27.7 Å². The molecule has 1 amide bonds. The summed E-state index contributed by atoms with van der Waals surface area (Å²) in [6, 6.07) is 1.84. The van der Waals surface area contributed by atoms with E-state index in [9.17, 15) is 4.79 Å². The molecule has 28 heavy (non-hydrogen) atoms. The zero-order valence-electron chi connectivity index (χ0n) is 16.2. The zero-order chi connectivity index (χ0) is 20.4. The molecule has 0 fully saturated rings. The van der Waals surface area contributed by atoms with Crippen LogP contribution in [0.4, 0.5) is 0 Å². The van der Waals surface area contributed by atoms with Crippen molar-refractivity contribution in [2.75, 3.05) is 6.54 Å². The van der Waals surface area contributed by atoms with Crippen molar-refractivity contribution in [1.82, 2.24) is 19.9 Å². The van der Waals surface area contributed by atoms with Crippen molar-refractivity contribution in [3.05, 3.63) is 76.1 Å². The zero-order valence-corrected chi connectivity index (χ0v) is 18.6. The first-order chi connectivity index (χ1) is 13.5. The van der Waals surface area contributed by atoms with Crippen molar-refractivity contribution in [3.8, 4) is 0 Å². The van der Waals surface area contributed by atoms with Gasteiger partial charge in [-0.15, -0.1) is 11.8 Å². The maximum Gasteiger partial charge on any atom is 0.247 e. The number of allylic oxidation sites excluding steroid dienone is 3. The molecule has 1 N–H and O–H groups in total. The minimum atomic E-state index is -0.0731. The second-order valence-electron chi connectivity index (χ2n) is 6.15. The van der Waals surface area contributed by atoms with Crippen LogP contribution in [0.25, 0.3) is 5.65 Å². The van der Waals surface area contributed by atoms with Gasteiger partial charge < -0.3 is 5.32 Å². The molecule has 7 heteroatoms. The van der Waals surface area contributed by atoms with E-state index in [1.54, 1.807) is 28.6 Å². The van der Waals surface area contributed by atoms with E-state index in [4.69, 9.17) is 0 Å². The number of fused-ring (bicyclic) bond motifs is 1. The summed E-state index contributed by atoms with van der Waals surface area (Å²) in [4.78, 5) is 16.7. The van der Waals surface area contributed by atoms with Crippen LogP contribution in [0.2, 0.25) is 0 Å². The van der Waals surface area contributed by atoms with Crippen LogP contribution in [0, 0.1) is 0 Å². The highest BCUT2D eigenvalue weighted by atomic mass is 79.9. The SMILES string of the molecule is C=C/C(Br)=C\C(=C/CCC)CNC(=O)/C(C)=C/SCc1cnn2cccnc12. The van der Waals surface area contributed by atoms with E-state index < -0.39 is 0 Å². The summed E-state index contributed by atoms with van der Waals surface area (Å²) in [6.45, 7) is 8.17. The number of rotatable bonds is 10. The molecule has 2 rings (SSSR count). The molecule has 0 unspecified atom stereocenters. The number of hydrogen-bond acceptors (Lipinski definition) is 4. The lowest BCUT2D eigenvalue weighted by Gasteiger charge is -2.07. The Labute approximate surface area is 178 Å². The average molecular weight is 461 g/mol. The molecule has 0 aliphatic carbocycles. The molecule has 0 spiro atoms. The van der Waals surface area contributed by atoms with E-state index in [2.05, 4.69) is 50.9 Å². The number of nitrogens with zero attached hydrogens (tertiary/aromatic N) is 3. The molecule has 0 bridgehead atoms. The fourth-order valence-electron chi connectivity index (χ4n) is 2.36. The smallest absolute Gasteiger partial charge is 0.247 e. The molecule has 0 radical (unpaired) electrons. The molecular weight excluding hydrogens is 436 g/mol. The van der Waals surface area contributed by atoms with Gasteiger partial charge in [0.2, 0.25) is 5.91 Å². The standard InChI is InChI=1S/C21H25BrN4OS/c1-4-6-8-17(11-19(22)5-2)12-24-21(27)16(3)14-28-15-18-13-25-26-10-7-9-23-20(18)26/h5,7-11,13-14H,2,4,6,12,15H2,1,3H3,(H,24,27)/b16-14+,17-8+,19-11+. The summed E-state index contributed by atoms with van der Waals surface area (Å²) >= 11 is 5.00. The predicted molar refractivity (Wildman–Crippen MR) is 121 cm³/mol. The maximum atomic E-state index is 12.4. The number of amides is 1. The fraction of sp³-hybridized carbons (Fsp3) is 0.286. The van der Waals surface area contributed by atoms with Crippen molar-refractivity contribution in [2.24, 2.45) is 0 Å². The number of thioether (sulfide) groups is 1. The summed E-state index contributed by atoms with van der Waals surface area (Å²) in [5.74, 6) is 0.637. The van der Waals surface area contributed by atoms with Gasteiger partial charge in [0.25, 0.3) is 0 Å². The normalized spacial score (nSPS) is 13.0. The first-order valence-electron chi connectivity index (χ1n) is 9.07. The summed E-state index contributed by atoms with van der Waals surface area (Å²) in [5.41, 5.74) is 3.62. The monoisotopic (exact) mass is 460 g/mol. The number of aromatic nitrogens is 3. The summed E-state index contributed by atoms with van der Waals surface area (Å²) < 4.78 is 2.65. The maximum absolute atomic E-state index is 12.4. The van der Waals surface area contributed by atoms with Crippen LogP contribution in [-0.2, 0) is 10.5 Å². The Hall–Kier alpha value is -2.12. The number of nitrogens with one attached hydrogen (secondary N) is 1. The Morgan fingerprint density at radius 1 is 1.46 bits per heavy atom. The Morgan fingerprint density at radius 2 is 2.29 bits per heavy atom. The Balaban J connectivity index is 1.91. The van der Waals surface area contributed by atoms with E-state index in [1.807, 2.05) is 36.9 Å². The minimum absolute atomic E-state index is 0.0731. The van der Waals surface area contributed by atoms with Gasteiger partial charge in [-0.1, -0.05) is 48.0 Å². The van der Waals surface area contributed by atoms with E-state index in [0.29, 0.717) is 17.9 Å². The number of carbonyl (C=O) groups is 1. The molecule has 2 aromatic heterocycles. The van der Waals surface area contributed by atoms with Gasteiger partial charge in [-0.05, 0) is 36.5 Å². The highest BCUT2D eigenvalue weighted by Gasteiger charge is 2.07. The van der Waals surface area contributed by atoms with Crippen LogP contribution in [0.15, 0.2) is 70.5 Å². The van der Waals surface area contributed by atoms with Gasteiger partial charge in [0, 0.05) is 40.3 Å². The van der Waals surface area contributed by atoms with Crippen molar-refractivity contribution in [3.63, 3.8) is 0 Å². The molecule has 0 aliphatic rings. The van der Waals surface area contributed by atoms with Gasteiger partial charge >= 0.3 is 0 Å². The second kappa shape index (κ2) is 11.7. The first-order valence-corrected chi connectivity index (χ1v) is 10.9. The summed E-state index contributed by atoms with van der Waals surface area (Å²) in [5, 5.41) is 9.13. The molecule has 2 aromatic rings. The lowest BCUT2D eigenvalue weighted by Crippen LogP contribution is -2.25. The van der Waals surface area contributed by atoms with Crippen molar-refractivity contribution >= 4 is 39.2 Å². The minimum Gasteiger partial charge on any atom is -0.348 e. The Morgan fingerprint density at radius 3 is 3.04 bits per heavy atom.